The molecular formula is C80H74N4OPt-2. The molecule has 2 aliphatic rings. The molecule has 6 heteroatoms. The summed E-state index contributed by atoms with van der Waals surface area (Å²) in [6.07, 6.45) is 7.44. The van der Waals surface area contributed by atoms with E-state index in [1.54, 1.807) is 16.7 Å². The quantitative estimate of drug-likeness (QED) is 0.123. The molecule has 0 fully saturated rings. The van der Waals surface area contributed by atoms with Crippen molar-refractivity contribution in [3.05, 3.63) is 233 Å². The fourth-order valence-corrected chi connectivity index (χ4v) is 13.3. The smallest absolute Gasteiger partial charge is 0.268 e. The molecule has 0 radical (unpaired) electrons. The first kappa shape index (κ1) is 44.4. The van der Waals surface area contributed by atoms with Gasteiger partial charge in [-0.15, -0.1) is 29.7 Å². The van der Waals surface area contributed by atoms with Crippen LogP contribution in [-0.4, -0.2) is 14.1 Å². The van der Waals surface area contributed by atoms with Crippen molar-refractivity contribution < 1.29 is 46.8 Å². The number of para-hydroxylation sites is 1. The molecule has 432 valence electrons. The first-order valence-corrected chi connectivity index (χ1v) is 29.3. The molecule has 3 aromatic heterocycles. The largest absolute Gasteiger partial charge is 0.510 e. The molecule has 14 rings (SSSR count). The molecule has 0 atom stereocenters. The first-order valence-electron chi connectivity index (χ1n) is 35.3. The summed E-state index contributed by atoms with van der Waals surface area (Å²) in [6.45, 7) is 10.7. The maximum Gasteiger partial charge on any atom is 0.268 e. The van der Waals surface area contributed by atoms with Crippen molar-refractivity contribution >= 4 is 32.8 Å². The third-order valence-corrected chi connectivity index (χ3v) is 18.0. The minimum Gasteiger partial charge on any atom is -0.510 e. The molecule has 0 unspecified atom stereocenters. The van der Waals surface area contributed by atoms with E-state index in [-0.39, 0.29) is 76.3 Å². The van der Waals surface area contributed by atoms with E-state index in [1.165, 1.54) is 42.0 Å². The van der Waals surface area contributed by atoms with Crippen LogP contribution >= 0.6 is 0 Å². The normalized spacial score (nSPS) is 16.8. The Labute approximate surface area is 539 Å². The van der Waals surface area contributed by atoms with Crippen LogP contribution in [0.1, 0.15) is 143 Å². The van der Waals surface area contributed by atoms with Gasteiger partial charge in [-0.2, -0.15) is 18.2 Å². The molecule has 0 N–H and O–H groups in total. The average Bonchev–Trinajstić information content (AvgIpc) is 1.34. The Hall–Kier alpha value is -8.11. The summed E-state index contributed by atoms with van der Waals surface area (Å²) in [5, 5.41) is 1.96. The second-order valence-electron chi connectivity index (χ2n) is 26.6. The number of fused-ring (bicyclic) bond motifs is 11. The summed E-state index contributed by atoms with van der Waals surface area (Å²) in [5.41, 5.74) is 10.8. The van der Waals surface area contributed by atoms with Crippen molar-refractivity contribution in [1.82, 2.24) is 14.1 Å². The Morgan fingerprint density at radius 2 is 1.12 bits per heavy atom. The Morgan fingerprint density at radius 3 is 1.78 bits per heavy atom. The Bertz CT molecular complexity index is 5180. The van der Waals surface area contributed by atoms with E-state index in [0.29, 0.717) is 56.2 Å². The van der Waals surface area contributed by atoms with E-state index in [4.69, 9.17) is 17.9 Å². The summed E-state index contributed by atoms with van der Waals surface area (Å²) in [7, 11) is 0. The van der Waals surface area contributed by atoms with Crippen molar-refractivity contribution in [3.8, 4) is 84.3 Å². The SMILES string of the molecule is [2H]C([2H])([2H])c1cccc(C([2H])([2H])[2H])c1-c1cc2c3c(c1)n(-c1[c-]c(Oc4[c-]c5c(cc4)c4ccccc4n5-c4cc(C(C)(C)C)ccn4)ccc1)[c-][n+]3-c1c(cc(C(C)(C)C)cc1-c1c(C([2H])([2H])[2H])cccc1C([2H])([2H])[2H])-c1cc3c(cc1-c1ccccc1-2)C(C)(C)CCC3(C)C.[Pt]. The van der Waals surface area contributed by atoms with Crippen LogP contribution in [0.3, 0.4) is 0 Å². The molecule has 86 heavy (non-hydrogen) atoms. The third kappa shape index (κ3) is 9.30. The number of hydrogen-bond acceptors (Lipinski definition) is 2. The van der Waals surface area contributed by atoms with Gasteiger partial charge < -0.3 is 13.9 Å². The van der Waals surface area contributed by atoms with Crippen LogP contribution in [0.5, 0.6) is 11.5 Å². The van der Waals surface area contributed by atoms with E-state index in [9.17, 15) is 8.22 Å². The molecule has 9 aromatic carbocycles. The van der Waals surface area contributed by atoms with Gasteiger partial charge in [0, 0.05) is 60.7 Å². The van der Waals surface area contributed by atoms with Gasteiger partial charge in [-0.25, -0.2) is 4.98 Å². The van der Waals surface area contributed by atoms with Crippen LogP contribution < -0.4 is 9.30 Å². The molecule has 4 heterocycles. The zero-order chi connectivity index (χ0) is 69.2. The Kier molecular flexibility index (Phi) is 10.6. The monoisotopic (exact) mass is 1310 g/mol. The van der Waals surface area contributed by atoms with Gasteiger partial charge in [0.05, 0.1) is 16.7 Å². The molecular weight excluding hydrogens is 1230 g/mol. The topological polar surface area (TPSA) is 35.9 Å². The molecule has 1 aliphatic carbocycles. The second kappa shape index (κ2) is 20.5. The van der Waals surface area contributed by atoms with Crippen LogP contribution in [0.15, 0.2) is 170 Å². The maximum atomic E-state index is 9.23. The molecule has 0 saturated heterocycles. The van der Waals surface area contributed by atoms with Gasteiger partial charge in [0.25, 0.3) is 6.33 Å². The molecule has 0 bridgehead atoms. The second-order valence-corrected chi connectivity index (χ2v) is 26.6. The predicted molar refractivity (Wildman–Crippen MR) is 352 cm³/mol. The summed E-state index contributed by atoms with van der Waals surface area (Å²) in [4.78, 5) is 4.89. The summed E-state index contributed by atoms with van der Waals surface area (Å²) < 4.78 is 122. The Morgan fingerprint density at radius 1 is 0.523 bits per heavy atom. The summed E-state index contributed by atoms with van der Waals surface area (Å²) >= 11 is 0. The van der Waals surface area contributed by atoms with Crippen molar-refractivity contribution in [3.63, 3.8) is 0 Å². The minimum absolute atomic E-state index is 0. The fraction of sp³-hybridized carbons (Fsp3) is 0.250. The van der Waals surface area contributed by atoms with Crippen molar-refractivity contribution in [2.24, 2.45) is 0 Å². The minimum atomic E-state index is -2.82. The molecule has 12 aromatic rings. The summed E-state index contributed by atoms with van der Waals surface area (Å²) in [5.74, 6) is 1.40. The number of aromatic nitrogens is 4. The van der Waals surface area contributed by atoms with Crippen LogP contribution in [0.4, 0.5) is 0 Å². The van der Waals surface area contributed by atoms with Gasteiger partial charge in [-0.05, 0) is 203 Å². The van der Waals surface area contributed by atoms with Crippen LogP contribution in [-0.2, 0) is 42.7 Å². The number of pyridine rings is 1. The third-order valence-electron chi connectivity index (χ3n) is 18.0. The maximum absolute atomic E-state index is 9.23. The van der Waals surface area contributed by atoms with E-state index in [0.717, 1.165) is 73.8 Å². The van der Waals surface area contributed by atoms with E-state index >= 15 is 0 Å². The van der Waals surface area contributed by atoms with E-state index in [2.05, 4.69) is 135 Å². The average molecular weight is 1310 g/mol. The van der Waals surface area contributed by atoms with Gasteiger partial charge in [0.15, 0.2) is 0 Å². The summed E-state index contributed by atoms with van der Waals surface area (Å²) in [6, 6.07) is 58.1. The van der Waals surface area contributed by atoms with Crippen molar-refractivity contribution in [2.75, 3.05) is 0 Å². The van der Waals surface area contributed by atoms with Crippen LogP contribution in [0, 0.1) is 45.9 Å². The number of rotatable bonds is 6. The first-order chi connectivity index (χ1) is 45.4. The fourth-order valence-electron chi connectivity index (χ4n) is 13.3. The van der Waals surface area contributed by atoms with Crippen molar-refractivity contribution in [2.45, 2.75) is 131 Å². The van der Waals surface area contributed by atoms with E-state index < -0.39 is 32.8 Å². The molecule has 0 saturated carbocycles. The molecule has 0 spiro atoms. The predicted octanol–water partition coefficient (Wildman–Crippen LogP) is 20.4. The number of benzene rings is 9. The van der Waals surface area contributed by atoms with Gasteiger partial charge in [0.2, 0.25) is 0 Å². The number of hydrogen-bond donors (Lipinski definition) is 0. The standard InChI is InChI=1S/C80H74N4O.Pt/c1-48-22-19-23-49(2)73(48)52-38-64-59-29-16-15-28-58(59)62-45-67-68(80(13,14)36-35-79(67,11)12)46-63(62)65-40-54(78(8,9)10)41-66(74-50(3)24-20-25-51(74)4)75(65)83-47-82(71(39-52)76(64)83)55-26-21-27-56(43-55)85-57-32-33-61-60-30-17-18-31-69(60)84(70(61)44-57)72-42-53(34-37-81-72)77(5,6)7;/h15-34,37-42,45-46H,35-36H2,1-14H3;/q-2;/i1D3,2D3,3D3,4D3;. The van der Waals surface area contributed by atoms with Crippen LogP contribution in [0.25, 0.3) is 106 Å². The zero-order valence-electron chi connectivity index (χ0n) is 62.1. The van der Waals surface area contributed by atoms with Crippen LogP contribution in [0.2, 0.25) is 0 Å². The van der Waals surface area contributed by atoms with Crippen molar-refractivity contribution in [1.29, 1.82) is 0 Å². The van der Waals surface area contributed by atoms with Gasteiger partial charge >= 0.3 is 0 Å². The number of aryl methyl sites for hydroxylation is 4. The number of imidazole rings is 1. The van der Waals surface area contributed by atoms with Gasteiger partial charge in [-0.1, -0.05) is 178 Å². The van der Waals surface area contributed by atoms with Gasteiger partial charge in [0.1, 0.15) is 5.82 Å². The number of ether oxygens (including phenoxy) is 1. The van der Waals surface area contributed by atoms with E-state index in [1.807, 2.05) is 83.6 Å². The molecule has 1 aliphatic heterocycles. The number of nitrogens with zero attached hydrogens (tertiary/aromatic N) is 4. The Balaban J connectivity index is 0.00000864. The molecule has 0 amide bonds. The van der Waals surface area contributed by atoms with Gasteiger partial charge in [-0.3, -0.25) is 4.57 Å². The zero-order valence-corrected chi connectivity index (χ0v) is 52.4. The molecule has 5 nitrogen and oxygen atoms in total.